The van der Waals surface area contributed by atoms with Gasteiger partial charge in [-0.1, -0.05) is 11.8 Å². The average molecular weight is 504 g/mol. The van der Waals surface area contributed by atoms with Gasteiger partial charge in [0.25, 0.3) is 5.91 Å². The molecule has 0 fully saturated rings. The highest BCUT2D eigenvalue weighted by Gasteiger charge is 2.21. The van der Waals surface area contributed by atoms with Gasteiger partial charge in [-0.15, -0.1) is 0 Å². The SMILES string of the molecule is Cc1nn(C)cc1C(=O)N(C)Cc1cnc(SCc2c(F)ccc(F)c2F)n1-c1ccc(F)cc1. The van der Waals surface area contributed by atoms with Gasteiger partial charge < -0.3 is 4.90 Å². The molecule has 0 radical (unpaired) electrons. The van der Waals surface area contributed by atoms with E-state index in [2.05, 4.69) is 10.1 Å². The molecule has 0 aliphatic heterocycles. The first-order valence-electron chi connectivity index (χ1n) is 10.5. The average Bonchev–Trinajstić information content (AvgIpc) is 3.38. The largest absolute Gasteiger partial charge is 0.336 e. The molecule has 0 saturated heterocycles. The van der Waals surface area contributed by atoms with Gasteiger partial charge in [0.15, 0.2) is 16.8 Å². The molecule has 35 heavy (non-hydrogen) atoms. The molecule has 2 aromatic carbocycles. The van der Waals surface area contributed by atoms with Crippen LogP contribution in [0, 0.1) is 30.2 Å². The van der Waals surface area contributed by atoms with E-state index in [9.17, 15) is 22.4 Å². The Bertz CT molecular complexity index is 1380. The van der Waals surface area contributed by atoms with E-state index < -0.39 is 28.8 Å². The summed E-state index contributed by atoms with van der Waals surface area (Å²) < 4.78 is 58.7. The van der Waals surface area contributed by atoms with E-state index >= 15 is 0 Å². The quantitative estimate of drug-likeness (QED) is 0.202. The van der Waals surface area contributed by atoms with E-state index in [1.54, 1.807) is 36.5 Å². The maximum absolute atomic E-state index is 14.1. The smallest absolute Gasteiger partial charge is 0.257 e. The molecule has 4 rings (SSSR count). The normalized spacial score (nSPS) is 11.2. The molecular formula is C24H21F4N5OS. The molecule has 0 N–H and O–H groups in total. The van der Waals surface area contributed by atoms with E-state index in [0.29, 0.717) is 27.8 Å². The highest BCUT2D eigenvalue weighted by atomic mass is 32.2. The number of thioether (sulfide) groups is 1. The fourth-order valence-electron chi connectivity index (χ4n) is 3.62. The third-order valence-electron chi connectivity index (χ3n) is 5.36. The summed E-state index contributed by atoms with van der Waals surface area (Å²) in [6.07, 6.45) is 3.17. The number of rotatable bonds is 7. The number of benzene rings is 2. The van der Waals surface area contributed by atoms with Crippen LogP contribution in [0.1, 0.15) is 27.3 Å². The third kappa shape index (κ3) is 5.09. The van der Waals surface area contributed by atoms with Crippen molar-refractivity contribution in [2.45, 2.75) is 24.4 Å². The highest BCUT2D eigenvalue weighted by Crippen LogP contribution is 2.29. The van der Waals surface area contributed by atoms with Crippen molar-refractivity contribution < 1.29 is 22.4 Å². The van der Waals surface area contributed by atoms with Crippen molar-refractivity contribution in [1.82, 2.24) is 24.2 Å². The summed E-state index contributed by atoms with van der Waals surface area (Å²) in [5.74, 6) is -4.18. The van der Waals surface area contributed by atoms with Gasteiger partial charge in [0.05, 0.1) is 29.7 Å². The Labute approximate surface area is 203 Å². The Hall–Kier alpha value is -3.60. The highest BCUT2D eigenvalue weighted by molar-refractivity contribution is 7.98. The molecule has 0 bridgehead atoms. The molecule has 1 amide bonds. The minimum atomic E-state index is -1.25. The second-order valence-electron chi connectivity index (χ2n) is 7.92. The molecule has 4 aromatic rings. The molecule has 0 atom stereocenters. The molecule has 0 aliphatic rings. The summed E-state index contributed by atoms with van der Waals surface area (Å²) in [4.78, 5) is 18.8. The number of carbonyl (C=O) groups is 1. The van der Waals surface area contributed by atoms with Crippen LogP contribution in [-0.2, 0) is 19.3 Å². The van der Waals surface area contributed by atoms with E-state index in [-0.39, 0.29) is 18.2 Å². The van der Waals surface area contributed by atoms with Gasteiger partial charge in [-0.25, -0.2) is 22.5 Å². The Morgan fingerprint density at radius 3 is 2.40 bits per heavy atom. The van der Waals surface area contributed by atoms with Crippen molar-refractivity contribution >= 4 is 17.7 Å². The zero-order chi connectivity index (χ0) is 25.3. The summed E-state index contributed by atoms with van der Waals surface area (Å²) in [5, 5.41) is 4.54. The maximum Gasteiger partial charge on any atom is 0.257 e. The Morgan fingerprint density at radius 2 is 1.74 bits per heavy atom. The van der Waals surface area contributed by atoms with Crippen molar-refractivity contribution in [2.75, 3.05) is 7.05 Å². The first-order chi connectivity index (χ1) is 16.7. The molecule has 2 aromatic heterocycles. The summed E-state index contributed by atoms with van der Waals surface area (Å²) in [6, 6.07) is 7.20. The predicted octanol–water partition coefficient (Wildman–Crippen LogP) is 5.04. The molecule has 11 heteroatoms. The van der Waals surface area contributed by atoms with E-state index in [4.69, 9.17) is 0 Å². The molecule has 0 aliphatic carbocycles. The number of hydrogen-bond acceptors (Lipinski definition) is 4. The van der Waals surface area contributed by atoms with Gasteiger partial charge in [-0.2, -0.15) is 5.10 Å². The van der Waals surface area contributed by atoms with Gasteiger partial charge in [0.1, 0.15) is 11.6 Å². The van der Waals surface area contributed by atoms with Crippen LogP contribution < -0.4 is 0 Å². The lowest BCUT2D eigenvalue weighted by molar-refractivity contribution is 0.0782. The second-order valence-corrected chi connectivity index (χ2v) is 8.86. The van der Waals surface area contributed by atoms with Crippen LogP contribution in [0.2, 0.25) is 0 Å². The summed E-state index contributed by atoms with van der Waals surface area (Å²) >= 11 is 0.989. The molecule has 0 saturated carbocycles. The van der Waals surface area contributed by atoms with Gasteiger partial charge in [-0.05, 0) is 43.3 Å². The van der Waals surface area contributed by atoms with Gasteiger partial charge in [0.2, 0.25) is 0 Å². The maximum atomic E-state index is 14.1. The first kappa shape index (κ1) is 24.5. The van der Waals surface area contributed by atoms with Gasteiger partial charge >= 0.3 is 0 Å². The number of nitrogens with zero attached hydrogens (tertiary/aromatic N) is 5. The fourth-order valence-corrected chi connectivity index (χ4v) is 4.63. The minimum absolute atomic E-state index is 0.140. The topological polar surface area (TPSA) is 56.0 Å². The second kappa shape index (κ2) is 9.95. The lowest BCUT2D eigenvalue weighted by Gasteiger charge is -2.19. The van der Waals surface area contributed by atoms with Crippen molar-refractivity contribution in [2.24, 2.45) is 7.05 Å². The first-order valence-corrected chi connectivity index (χ1v) is 11.5. The molecular weight excluding hydrogens is 482 g/mol. The van der Waals surface area contributed by atoms with Crippen molar-refractivity contribution in [3.8, 4) is 5.69 Å². The van der Waals surface area contributed by atoms with Crippen LogP contribution in [0.15, 0.2) is 53.9 Å². The zero-order valence-corrected chi connectivity index (χ0v) is 19.9. The lowest BCUT2D eigenvalue weighted by Crippen LogP contribution is -2.27. The van der Waals surface area contributed by atoms with Crippen LogP contribution in [0.3, 0.4) is 0 Å². The van der Waals surface area contributed by atoms with Crippen molar-refractivity contribution in [1.29, 1.82) is 0 Å². The Balaban J connectivity index is 1.65. The number of aryl methyl sites for hydroxylation is 2. The van der Waals surface area contributed by atoms with E-state index in [1.807, 2.05) is 0 Å². The summed E-state index contributed by atoms with van der Waals surface area (Å²) in [5.41, 5.74) is 1.75. The number of aromatic nitrogens is 4. The van der Waals surface area contributed by atoms with Crippen LogP contribution in [0.25, 0.3) is 5.69 Å². The number of imidazole rings is 1. The van der Waals surface area contributed by atoms with Crippen LogP contribution in [-0.4, -0.2) is 37.2 Å². The number of amides is 1. The molecule has 0 spiro atoms. The van der Waals surface area contributed by atoms with Crippen molar-refractivity contribution in [3.63, 3.8) is 0 Å². The monoisotopic (exact) mass is 503 g/mol. The Morgan fingerprint density at radius 1 is 1.06 bits per heavy atom. The Kier molecular flexibility index (Phi) is 6.97. The minimum Gasteiger partial charge on any atom is -0.336 e. The summed E-state index contributed by atoms with van der Waals surface area (Å²) in [6.45, 7) is 1.88. The standard InChI is InChI=1S/C24H21F4N5OS/c1-14-18(12-32(3)30-14)23(34)31(2)11-17-10-29-24(33(17)16-6-4-15(25)5-7-16)35-13-19-20(26)8-9-21(27)22(19)28/h4-10,12H,11,13H2,1-3H3. The third-order valence-corrected chi connectivity index (χ3v) is 6.34. The number of hydrogen-bond donors (Lipinski definition) is 0. The van der Waals surface area contributed by atoms with E-state index in [0.717, 1.165) is 23.9 Å². The molecule has 0 unspecified atom stereocenters. The van der Waals surface area contributed by atoms with Crippen molar-refractivity contribution in [3.05, 3.63) is 94.6 Å². The summed E-state index contributed by atoms with van der Waals surface area (Å²) in [7, 11) is 3.35. The number of carbonyl (C=O) groups excluding carboxylic acids is 1. The molecule has 2 heterocycles. The molecule has 6 nitrogen and oxygen atoms in total. The zero-order valence-electron chi connectivity index (χ0n) is 19.1. The number of halogens is 4. The fraction of sp³-hybridized carbons (Fsp3) is 0.208. The van der Waals surface area contributed by atoms with Crippen LogP contribution in [0.4, 0.5) is 17.6 Å². The lowest BCUT2D eigenvalue weighted by atomic mass is 10.2. The molecule has 182 valence electrons. The van der Waals surface area contributed by atoms with Crippen LogP contribution in [0.5, 0.6) is 0 Å². The van der Waals surface area contributed by atoms with Gasteiger partial charge in [0, 0.05) is 37.3 Å². The predicted molar refractivity (Wildman–Crippen MR) is 123 cm³/mol. The van der Waals surface area contributed by atoms with Gasteiger partial charge in [-0.3, -0.25) is 14.0 Å². The van der Waals surface area contributed by atoms with Crippen LogP contribution >= 0.6 is 11.8 Å². The van der Waals surface area contributed by atoms with E-state index in [1.165, 1.54) is 35.4 Å².